The third-order valence-corrected chi connectivity index (χ3v) is 5.63. The summed E-state index contributed by atoms with van der Waals surface area (Å²) in [7, 11) is -3.64. The normalized spacial score (nSPS) is 11.3. The minimum atomic E-state index is -3.64. The van der Waals surface area contributed by atoms with Gasteiger partial charge < -0.3 is 5.73 Å². The van der Waals surface area contributed by atoms with Gasteiger partial charge >= 0.3 is 0 Å². The molecule has 0 aliphatic heterocycles. The Morgan fingerprint density at radius 1 is 1.05 bits per heavy atom. The fourth-order valence-corrected chi connectivity index (χ4v) is 3.53. The van der Waals surface area contributed by atoms with Gasteiger partial charge in [-0.05, 0) is 58.7 Å². The second kappa shape index (κ2) is 5.75. The van der Waals surface area contributed by atoms with Crippen molar-refractivity contribution in [3.63, 3.8) is 0 Å². The summed E-state index contributed by atoms with van der Waals surface area (Å²) in [5.74, 6) is 0. The average Bonchev–Trinajstić information content (AvgIpc) is 2.37. The van der Waals surface area contributed by atoms with Gasteiger partial charge in [0.05, 0.1) is 4.90 Å². The molecule has 0 bridgehead atoms. The molecular weight excluding hydrogens is 408 g/mol. The van der Waals surface area contributed by atoms with Crippen molar-refractivity contribution in [2.45, 2.75) is 11.8 Å². The molecule has 0 heterocycles. The highest BCUT2D eigenvalue weighted by Crippen LogP contribution is 2.26. The lowest BCUT2D eigenvalue weighted by Gasteiger charge is -2.10. The summed E-state index contributed by atoms with van der Waals surface area (Å²) in [5, 5.41) is 0. The number of hydrogen-bond donors (Lipinski definition) is 2. The minimum absolute atomic E-state index is 0.148. The van der Waals surface area contributed by atoms with E-state index >= 15 is 0 Å². The molecule has 3 N–H and O–H groups in total. The zero-order chi connectivity index (χ0) is 14.9. The van der Waals surface area contributed by atoms with E-state index in [-0.39, 0.29) is 4.90 Å². The van der Waals surface area contributed by atoms with Crippen molar-refractivity contribution in [2.24, 2.45) is 0 Å². The summed E-state index contributed by atoms with van der Waals surface area (Å²) in [6, 6.07) is 9.75. The highest BCUT2D eigenvalue weighted by atomic mass is 79.9. The van der Waals surface area contributed by atoms with Crippen LogP contribution < -0.4 is 10.5 Å². The number of nitrogen functional groups attached to an aromatic ring is 1. The molecule has 2 aromatic rings. The maximum atomic E-state index is 12.3. The number of benzene rings is 2. The number of hydrogen-bond acceptors (Lipinski definition) is 3. The maximum Gasteiger partial charge on any atom is 0.261 e. The zero-order valence-electron chi connectivity index (χ0n) is 10.5. The Bertz CT molecular complexity index is 761. The van der Waals surface area contributed by atoms with E-state index in [0.717, 1.165) is 10.0 Å². The summed E-state index contributed by atoms with van der Waals surface area (Å²) in [5.41, 5.74) is 7.67. The maximum absolute atomic E-state index is 12.3. The number of rotatable bonds is 3. The first-order chi connectivity index (χ1) is 9.29. The number of halogens is 2. The summed E-state index contributed by atoms with van der Waals surface area (Å²) in [4.78, 5) is 0.148. The van der Waals surface area contributed by atoms with Crippen LogP contribution in [-0.4, -0.2) is 8.42 Å². The first-order valence-corrected chi connectivity index (χ1v) is 8.70. The van der Waals surface area contributed by atoms with E-state index in [1.165, 1.54) is 12.1 Å². The van der Waals surface area contributed by atoms with Gasteiger partial charge in [-0.15, -0.1) is 0 Å². The van der Waals surface area contributed by atoms with Crippen LogP contribution in [0.5, 0.6) is 0 Å². The first kappa shape index (κ1) is 15.3. The van der Waals surface area contributed by atoms with Gasteiger partial charge in [0.25, 0.3) is 10.0 Å². The Balaban J connectivity index is 2.35. The quantitative estimate of drug-likeness (QED) is 0.741. The molecular formula is C13H12Br2N2O2S. The Morgan fingerprint density at radius 3 is 2.35 bits per heavy atom. The summed E-state index contributed by atoms with van der Waals surface area (Å²) in [6.45, 7) is 1.93. The van der Waals surface area contributed by atoms with Crippen molar-refractivity contribution < 1.29 is 8.42 Å². The Kier molecular flexibility index (Phi) is 4.41. The van der Waals surface area contributed by atoms with E-state index in [1.54, 1.807) is 18.2 Å². The molecule has 0 atom stereocenters. The van der Waals surface area contributed by atoms with Crippen LogP contribution >= 0.6 is 31.9 Å². The molecule has 0 aliphatic rings. The lowest BCUT2D eigenvalue weighted by atomic mass is 10.2. The van der Waals surface area contributed by atoms with Gasteiger partial charge in [0.2, 0.25) is 0 Å². The summed E-state index contributed by atoms with van der Waals surface area (Å²) < 4.78 is 28.5. The molecule has 0 saturated heterocycles. The number of nitrogens with one attached hydrogen (secondary N) is 1. The fraction of sp³-hybridized carbons (Fsp3) is 0.0769. The van der Waals surface area contributed by atoms with Crippen molar-refractivity contribution in [3.05, 3.63) is 50.9 Å². The monoisotopic (exact) mass is 418 g/mol. The number of anilines is 2. The van der Waals surface area contributed by atoms with E-state index in [2.05, 4.69) is 36.6 Å². The van der Waals surface area contributed by atoms with E-state index in [0.29, 0.717) is 15.8 Å². The van der Waals surface area contributed by atoms with Crippen molar-refractivity contribution in [1.29, 1.82) is 0 Å². The Labute approximate surface area is 134 Å². The second-order valence-electron chi connectivity index (χ2n) is 4.25. The smallest absolute Gasteiger partial charge is 0.261 e. The van der Waals surface area contributed by atoms with Crippen molar-refractivity contribution in [1.82, 2.24) is 0 Å². The molecule has 106 valence electrons. The minimum Gasteiger partial charge on any atom is -0.398 e. The summed E-state index contributed by atoms with van der Waals surface area (Å²) >= 11 is 6.59. The SMILES string of the molecule is Cc1ccc(NS(=O)(=O)c2ccc(N)c(Br)c2)cc1Br. The molecule has 0 amide bonds. The molecule has 2 rings (SSSR count). The second-order valence-corrected chi connectivity index (χ2v) is 7.64. The average molecular weight is 420 g/mol. The van der Waals surface area contributed by atoms with Gasteiger partial charge in [0.1, 0.15) is 0 Å². The van der Waals surface area contributed by atoms with Crippen LogP contribution in [0.4, 0.5) is 11.4 Å². The van der Waals surface area contributed by atoms with Gasteiger partial charge in [0, 0.05) is 20.3 Å². The summed E-state index contributed by atoms with van der Waals surface area (Å²) in [6.07, 6.45) is 0. The van der Waals surface area contributed by atoms with Crippen LogP contribution in [0.1, 0.15) is 5.56 Å². The van der Waals surface area contributed by atoms with E-state index in [9.17, 15) is 8.42 Å². The van der Waals surface area contributed by atoms with Crippen molar-refractivity contribution in [3.8, 4) is 0 Å². The fourth-order valence-electron chi connectivity index (χ4n) is 1.55. The highest BCUT2D eigenvalue weighted by molar-refractivity contribution is 9.10. The highest BCUT2D eigenvalue weighted by Gasteiger charge is 2.15. The topological polar surface area (TPSA) is 72.2 Å². The van der Waals surface area contributed by atoms with Crippen LogP contribution in [0.3, 0.4) is 0 Å². The lowest BCUT2D eigenvalue weighted by Crippen LogP contribution is -2.13. The predicted octanol–water partition coefficient (Wildman–Crippen LogP) is 3.90. The molecule has 0 radical (unpaired) electrons. The number of sulfonamides is 1. The van der Waals surface area contributed by atoms with Crippen molar-refractivity contribution in [2.75, 3.05) is 10.5 Å². The van der Waals surface area contributed by atoms with E-state index in [1.807, 2.05) is 13.0 Å². The Hall–Kier alpha value is -1.05. The number of aryl methyl sites for hydroxylation is 1. The van der Waals surface area contributed by atoms with Crippen LogP contribution in [0.2, 0.25) is 0 Å². The molecule has 0 unspecified atom stereocenters. The van der Waals surface area contributed by atoms with Gasteiger partial charge in [-0.25, -0.2) is 8.42 Å². The van der Waals surface area contributed by atoms with E-state index in [4.69, 9.17) is 5.73 Å². The van der Waals surface area contributed by atoms with Crippen molar-refractivity contribution >= 4 is 53.3 Å². The largest absolute Gasteiger partial charge is 0.398 e. The third-order valence-electron chi connectivity index (χ3n) is 2.71. The van der Waals surface area contributed by atoms with Crippen LogP contribution in [-0.2, 0) is 10.0 Å². The van der Waals surface area contributed by atoms with Gasteiger partial charge in [0.15, 0.2) is 0 Å². The molecule has 0 saturated carbocycles. The molecule has 0 fully saturated rings. The number of nitrogens with two attached hydrogens (primary N) is 1. The molecule has 4 nitrogen and oxygen atoms in total. The van der Waals surface area contributed by atoms with Crippen LogP contribution in [0.15, 0.2) is 50.2 Å². The van der Waals surface area contributed by atoms with Gasteiger partial charge in [-0.2, -0.15) is 0 Å². The molecule has 20 heavy (non-hydrogen) atoms. The van der Waals surface area contributed by atoms with Crippen LogP contribution in [0, 0.1) is 6.92 Å². The lowest BCUT2D eigenvalue weighted by molar-refractivity contribution is 0.601. The van der Waals surface area contributed by atoms with Gasteiger partial charge in [-0.1, -0.05) is 22.0 Å². The Morgan fingerprint density at radius 2 is 1.75 bits per heavy atom. The molecule has 7 heteroatoms. The third kappa shape index (κ3) is 3.34. The standard InChI is InChI=1S/C13H12Br2N2O2S/c1-8-2-3-9(6-11(8)14)17-20(18,19)10-4-5-13(16)12(15)7-10/h2-7,17H,16H2,1H3. The van der Waals surface area contributed by atoms with Crippen LogP contribution in [0.25, 0.3) is 0 Å². The predicted molar refractivity (Wildman–Crippen MR) is 88.2 cm³/mol. The zero-order valence-corrected chi connectivity index (χ0v) is 14.5. The molecule has 0 aromatic heterocycles. The van der Waals surface area contributed by atoms with Gasteiger partial charge in [-0.3, -0.25) is 4.72 Å². The molecule has 0 aliphatic carbocycles. The first-order valence-electron chi connectivity index (χ1n) is 5.63. The molecule has 0 spiro atoms. The molecule has 2 aromatic carbocycles. The van der Waals surface area contributed by atoms with E-state index < -0.39 is 10.0 Å².